The molecule has 3 rings (SSSR count). The number of hydrogen-bond acceptors (Lipinski definition) is 8. The van der Waals surface area contributed by atoms with Crippen molar-refractivity contribution in [2.45, 2.75) is 70.2 Å². The van der Waals surface area contributed by atoms with Crippen LogP contribution in [0.2, 0.25) is 0 Å². The van der Waals surface area contributed by atoms with Gasteiger partial charge in [-0.05, 0) is 33.2 Å². The fraction of sp³-hybridized carbons (Fsp3) is 1.00. The molecule has 0 amide bonds. The Balaban J connectivity index is 1.53. The summed E-state index contributed by atoms with van der Waals surface area (Å²) in [6, 6.07) is 0. The van der Waals surface area contributed by atoms with Gasteiger partial charge in [0, 0.05) is 11.5 Å². The van der Waals surface area contributed by atoms with Gasteiger partial charge in [-0.25, -0.2) is 0 Å². The second-order valence-electron chi connectivity index (χ2n) is 6.98. The molecular weight excluding hydrogens is 334 g/mol. The fourth-order valence-corrected chi connectivity index (χ4v) is 3.16. The third-order valence-electron chi connectivity index (χ3n) is 4.02. The lowest BCUT2D eigenvalue weighted by Gasteiger charge is -2.43. The van der Waals surface area contributed by atoms with Crippen LogP contribution in [0.3, 0.4) is 0 Å². The lowest BCUT2D eigenvalue weighted by Crippen LogP contribution is -2.56. The molecule has 3 saturated heterocycles. The molecule has 0 aromatic heterocycles. The predicted molar refractivity (Wildman–Crippen MR) is 83.3 cm³/mol. The molecule has 0 N–H and O–H groups in total. The van der Waals surface area contributed by atoms with Crippen molar-refractivity contribution in [1.82, 2.24) is 0 Å². The Hall–Kier alpha value is -0.970. The fourth-order valence-electron chi connectivity index (χ4n) is 3.16. The highest BCUT2D eigenvalue weighted by atomic mass is 16.9. The summed E-state index contributed by atoms with van der Waals surface area (Å²) >= 11 is 0. The minimum Gasteiger partial charge on any atom is -0.379 e. The van der Waals surface area contributed by atoms with Crippen LogP contribution in [0.15, 0.2) is 5.11 Å². The van der Waals surface area contributed by atoms with Gasteiger partial charge < -0.3 is 33.2 Å². The smallest absolute Gasteiger partial charge is 0.190 e. The van der Waals surface area contributed by atoms with Gasteiger partial charge in [0.25, 0.3) is 0 Å². The van der Waals surface area contributed by atoms with E-state index in [1.165, 1.54) is 0 Å². The van der Waals surface area contributed by atoms with Gasteiger partial charge in [0.2, 0.25) is 0 Å². The highest BCUT2D eigenvalue weighted by Crippen LogP contribution is 2.44. The van der Waals surface area contributed by atoms with Crippen molar-refractivity contribution in [1.29, 1.82) is 0 Å². The SMILES string of the molecule is CC1(C)OC2OC3C(OCCOCCN=[N+]=[N-])OC(C)(C)OC3C2O1. The van der Waals surface area contributed by atoms with Crippen molar-refractivity contribution < 1.29 is 33.2 Å². The van der Waals surface area contributed by atoms with E-state index in [0.29, 0.717) is 26.4 Å². The van der Waals surface area contributed by atoms with Crippen LogP contribution < -0.4 is 0 Å². The van der Waals surface area contributed by atoms with Gasteiger partial charge in [-0.3, -0.25) is 0 Å². The van der Waals surface area contributed by atoms with Crippen LogP contribution in [0.1, 0.15) is 27.7 Å². The summed E-state index contributed by atoms with van der Waals surface area (Å²) in [5, 5.41) is 3.39. The maximum atomic E-state index is 8.19. The van der Waals surface area contributed by atoms with Crippen LogP contribution in [0.4, 0.5) is 0 Å². The average molecular weight is 359 g/mol. The zero-order chi connectivity index (χ0) is 18.1. The van der Waals surface area contributed by atoms with E-state index in [4.69, 9.17) is 38.7 Å². The molecule has 5 atom stereocenters. The van der Waals surface area contributed by atoms with Crippen molar-refractivity contribution in [3.63, 3.8) is 0 Å². The van der Waals surface area contributed by atoms with Gasteiger partial charge in [-0.15, -0.1) is 0 Å². The van der Waals surface area contributed by atoms with Crippen LogP contribution in [-0.2, 0) is 33.2 Å². The highest BCUT2D eigenvalue weighted by molar-refractivity contribution is 4.98. The third kappa shape index (κ3) is 4.42. The first kappa shape index (κ1) is 18.8. The van der Waals surface area contributed by atoms with E-state index < -0.39 is 30.3 Å². The van der Waals surface area contributed by atoms with E-state index in [1.54, 1.807) is 0 Å². The van der Waals surface area contributed by atoms with Crippen molar-refractivity contribution >= 4 is 0 Å². The van der Waals surface area contributed by atoms with Crippen LogP contribution in [0, 0.1) is 0 Å². The number of ether oxygens (including phenoxy) is 7. The van der Waals surface area contributed by atoms with Crippen molar-refractivity contribution in [2.75, 3.05) is 26.4 Å². The summed E-state index contributed by atoms with van der Waals surface area (Å²) in [5.74, 6) is -1.54. The van der Waals surface area contributed by atoms with Gasteiger partial charge in [-0.2, -0.15) is 0 Å². The first-order valence-electron chi connectivity index (χ1n) is 8.38. The van der Waals surface area contributed by atoms with Gasteiger partial charge in [0.05, 0.1) is 19.8 Å². The van der Waals surface area contributed by atoms with Crippen LogP contribution in [0.5, 0.6) is 0 Å². The first-order valence-corrected chi connectivity index (χ1v) is 8.38. The van der Waals surface area contributed by atoms with E-state index in [2.05, 4.69) is 10.0 Å². The largest absolute Gasteiger partial charge is 0.379 e. The molecule has 3 heterocycles. The summed E-state index contributed by atoms with van der Waals surface area (Å²) in [5.41, 5.74) is 8.19. The molecule has 3 aliphatic heterocycles. The molecule has 3 fully saturated rings. The molecule has 0 aliphatic carbocycles. The molecule has 0 aromatic carbocycles. The number of fused-ring (bicyclic) bond motifs is 3. The monoisotopic (exact) mass is 359 g/mol. The Morgan fingerprint density at radius 1 is 0.920 bits per heavy atom. The summed E-state index contributed by atoms with van der Waals surface area (Å²) in [7, 11) is 0. The van der Waals surface area contributed by atoms with E-state index in [0.717, 1.165) is 0 Å². The maximum Gasteiger partial charge on any atom is 0.190 e. The number of hydrogen-bond donors (Lipinski definition) is 0. The second kappa shape index (κ2) is 7.34. The molecule has 10 nitrogen and oxygen atoms in total. The van der Waals surface area contributed by atoms with Crippen LogP contribution in [0.25, 0.3) is 10.4 Å². The lowest BCUT2D eigenvalue weighted by atomic mass is 10.1. The lowest BCUT2D eigenvalue weighted by molar-refractivity contribution is -0.389. The van der Waals surface area contributed by atoms with Gasteiger partial charge >= 0.3 is 0 Å². The molecule has 0 aromatic rings. The van der Waals surface area contributed by atoms with Crippen LogP contribution in [-0.4, -0.2) is 68.8 Å². The van der Waals surface area contributed by atoms with Crippen molar-refractivity contribution in [3.8, 4) is 0 Å². The first-order chi connectivity index (χ1) is 11.8. The molecule has 0 radical (unpaired) electrons. The standard InChI is InChI=1S/C15H25N3O7/c1-14(2)22-9-10(21-13-11(9)23-15(3,4)25-13)12(24-14)20-8-7-19-6-5-17-18-16/h9-13H,5-8H2,1-4H3. The van der Waals surface area contributed by atoms with Crippen LogP contribution >= 0.6 is 0 Å². The second-order valence-corrected chi connectivity index (χ2v) is 6.98. The molecule has 0 bridgehead atoms. The van der Waals surface area contributed by atoms with E-state index in [1.807, 2.05) is 27.7 Å². The molecule has 0 saturated carbocycles. The Bertz CT molecular complexity index is 523. The quantitative estimate of drug-likeness (QED) is 0.294. The molecular formula is C15H25N3O7. The van der Waals surface area contributed by atoms with Crippen molar-refractivity contribution in [2.24, 2.45) is 5.11 Å². The Labute approximate surface area is 146 Å². The molecule has 0 spiro atoms. The van der Waals surface area contributed by atoms with Gasteiger partial charge in [0.15, 0.2) is 24.2 Å². The average Bonchev–Trinajstić information content (AvgIpc) is 2.98. The summed E-state index contributed by atoms with van der Waals surface area (Å²) < 4.78 is 40.6. The molecule has 3 aliphatic rings. The topological polar surface area (TPSA) is 113 Å². The zero-order valence-electron chi connectivity index (χ0n) is 14.9. The molecule has 142 valence electrons. The van der Waals surface area contributed by atoms with E-state index in [9.17, 15) is 0 Å². The summed E-state index contributed by atoms with van der Waals surface area (Å²) in [6.07, 6.45) is -2.23. The number of rotatable bonds is 7. The maximum absolute atomic E-state index is 8.19. The number of nitrogens with zero attached hydrogens (tertiary/aromatic N) is 3. The van der Waals surface area contributed by atoms with Gasteiger partial charge in [-0.1, -0.05) is 5.11 Å². The Morgan fingerprint density at radius 2 is 1.64 bits per heavy atom. The van der Waals surface area contributed by atoms with E-state index >= 15 is 0 Å². The summed E-state index contributed by atoms with van der Waals surface area (Å²) in [4.78, 5) is 2.66. The Kier molecular flexibility index (Phi) is 5.52. The molecule has 10 heteroatoms. The zero-order valence-corrected chi connectivity index (χ0v) is 14.9. The minimum atomic E-state index is -0.831. The number of azide groups is 1. The Morgan fingerprint density at radius 3 is 2.40 bits per heavy atom. The molecule has 5 unspecified atom stereocenters. The minimum absolute atomic E-state index is 0.291. The van der Waals surface area contributed by atoms with E-state index in [-0.39, 0.29) is 12.2 Å². The highest BCUT2D eigenvalue weighted by Gasteiger charge is 2.61. The molecule has 25 heavy (non-hydrogen) atoms. The third-order valence-corrected chi connectivity index (χ3v) is 4.02. The normalized spacial score (nSPS) is 38.0. The van der Waals surface area contributed by atoms with Gasteiger partial charge in [0.1, 0.15) is 18.3 Å². The summed E-state index contributed by atoms with van der Waals surface area (Å²) in [6.45, 7) is 8.63. The van der Waals surface area contributed by atoms with Crippen molar-refractivity contribution in [3.05, 3.63) is 10.4 Å². The predicted octanol–water partition coefficient (Wildman–Crippen LogP) is 1.68.